The Morgan fingerprint density at radius 2 is 1.65 bits per heavy atom. The normalized spacial score (nSPS) is 10.4. The number of nitrogens with zero attached hydrogens (tertiary/aromatic N) is 1. The van der Waals surface area contributed by atoms with E-state index in [-0.39, 0.29) is 5.48 Å². The molecule has 17 heavy (non-hydrogen) atoms. The van der Waals surface area contributed by atoms with Crippen molar-refractivity contribution in [3.05, 3.63) is 47.5 Å². The fraction of sp³-hybridized carbons (Fsp3) is 0. The molecule has 0 spiro atoms. The zero-order chi connectivity index (χ0) is 11.1. The standard InChI is InChI=1S/C13H9ClN2.H2O/c14-9-5-3-7-11-12(9)13(15)8-4-1-2-6-10(8)16-11;/h1-7H,(H2,15,16);1H2. The second-order valence-electron chi connectivity index (χ2n) is 3.68. The number of para-hydroxylation sites is 1. The molecule has 0 aliphatic heterocycles. The first-order valence-electron chi connectivity index (χ1n) is 5.00. The highest BCUT2D eigenvalue weighted by atomic mass is 35.5. The lowest BCUT2D eigenvalue weighted by atomic mass is 10.1. The van der Waals surface area contributed by atoms with Crippen molar-refractivity contribution in [2.75, 3.05) is 5.73 Å². The van der Waals surface area contributed by atoms with Crippen molar-refractivity contribution in [3.63, 3.8) is 0 Å². The summed E-state index contributed by atoms with van der Waals surface area (Å²) in [5, 5.41) is 2.43. The van der Waals surface area contributed by atoms with Crippen LogP contribution in [0.4, 0.5) is 5.69 Å². The molecule has 1 heterocycles. The predicted octanol–water partition coefficient (Wildman–Crippen LogP) is 2.80. The van der Waals surface area contributed by atoms with Gasteiger partial charge in [-0.25, -0.2) is 4.98 Å². The number of benzene rings is 2. The van der Waals surface area contributed by atoms with Gasteiger partial charge in [-0.1, -0.05) is 35.9 Å². The van der Waals surface area contributed by atoms with Crippen molar-refractivity contribution in [1.29, 1.82) is 0 Å². The van der Waals surface area contributed by atoms with E-state index >= 15 is 0 Å². The number of hydrogen-bond acceptors (Lipinski definition) is 2. The third-order valence-corrected chi connectivity index (χ3v) is 3.01. The van der Waals surface area contributed by atoms with Crippen LogP contribution in [0.5, 0.6) is 0 Å². The summed E-state index contributed by atoms with van der Waals surface area (Å²) in [6, 6.07) is 13.4. The average molecular weight is 247 g/mol. The van der Waals surface area contributed by atoms with Gasteiger partial charge in [0, 0.05) is 10.8 Å². The number of aromatic nitrogens is 1. The average Bonchev–Trinajstić information content (AvgIpc) is 2.29. The van der Waals surface area contributed by atoms with Crippen LogP contribution in [-0.4, -0.2) is 10.5 Å². The highest BCUT2D eigenvalue weighted by Gasteiger charge is 2.08. The molecule has 0 saturated carbocycles. The van der Waals surface area contributed by atoms with Gasteiger partial charge in [-0.05, 0) is 18.2 Å². The van der Waals surface area contributed by atoms with E-state index in [1.807, 2.05) is 42.5 Å². The molecular weight excluding hydrogens is 236 g/mol. The van der Waals surface area contributed by atoms with E-state index in [2.05, 4.69) is 4.98 Å². The molecule has 1 aromatic heterocycles. The zero-order valence-corrected chi connectivity index (χ0v) is 9.70. The number of nitrogens with two attached hydrogens (primary N) is 1. The number of fused-ring (bicyclic) bond motifs is 2. The molecule has 0 radical (unpaired) electrons. The van der Waals surface area contributed by atoms with Crippen LogP contribution < -0.4 is 5.73 Å². The Morgan fingerprint density at radius 3 is 2.47 bits per heavy atom. The van der Waals surface area contributed by atoms with Crippen molar-refractivity contribution in [2.45, 2.75) is 0 Å². The summed E-state index contributed by atoms with van der Waals surface area (Å²) in [5.74, 6) is 0. The topological polar surface area (TPSA) is 70.4 Å². The maximum Gasteiger partial charge on any atom is 0.0745 e. The fourth-order valence-electron chi connectivity index (χ4n) is 1.94. The molecule has 0 aliphatic carbocycles. The number of hydrogen-bond donors (Lipinski definition) is 1. The van der Waals surface area contributed by atoms with Crippen LogP contribution in [0.15, 0.2) is 42.5 Å². The lowest BCUT2D eigenvalue weighted by molar-refractivity contribution is 0.824. The van der Waals surface area contributed by atoms with E-state index in [0.29, 0.717) is 10.7 Å². The van der Waals surface area contributed by atoms with Crippen molar-refractivity contribution in [2.24, 2.45) is 0 Å². The molecule has 3 aromatic rings. The molecule has 0 bridgehead atoms. The summed E-state index contributed by atoms with van der Waals surface area (Å²) >= 11 is 6.14. The molecule has 0 amide bonds. The Labute approximate surface area is 103 Å². The molecule has 0 fully saturated rings. The van der Waals surface area contributed by atoms with E-state index in [1.54, 1.807) is 0 Å². The van der Waals surface area contributed by atoms with Crippen LogP contribution in [0.1, 0.15) is 0 Å². The molecule has 3 rings (SSSR count). The molecule has 3 nitrogen and oxygen atoms in total. The Balaban J connectivity index is 0.00000108. The maximum absolute atomic E-state index is 6.14. The number of rotatable bonds is 0. The first-order chi connectivity index (χ1) is 7.77. The van der Waals surface area contributed by atoms with Crippen LogP contribution in [0.25, 0.3) is 21.8 Å². The zero-order valence-electron chi connectivity index (χ0n) is 8.94. The summed E-state index contributed by atoms with van der Waals surface area (Å²) in [5.41, 5.74) is 8.57. The SMILES string of the molecule is Nc1c2ccccc2nc2cccc(Cl)c12.O. The van der Waals surface area contributed by atoms with Gasteiger partial charge in [0.15, 0.2) is 0 Å². The summed E-state index contributed by atoms with van der Waals surface area (Å²) < 4.78 is 0. The van der Waals surface area contributed by atoms with Gasteiger partial charge in [0.2, 0.25) is 0 Å². The minimum atomic E-state index is 0. The summed E-state index contributed by atoms with van der Waals surface area (Å²) in [6.07, 6.45) is 0. The summed E-state index contributed by atoms with van der Waals surface area (Å²) in [4.78, 5) is 4.53. The van der Waals surface area contributed by atoms with Gasteiger partial charge in [0.25, 0.3) is 0 Å². The van der Waals surface area contributed by atoms with Gasteiger partial charge in [-0.15, -0.1) is 0 Å². The highest BCUT2D eigenvalue weighted by molar-refractivity contribution is 6.37. The van der Waals surface area contributed by atoms with Crippen molar-refractivity contribution in [1.82, 2.24) is 4.98 Å². The van der Waals surface area contributed by atoms with Gasteiger partial charge >= 0.3 is 0 Å². The quantitative estimate of drug-likeness (QED) is 0.620. The molecule has 0 saturated heterocycles. The van der Waals surface area contributed by atoms with Crippen LogP contribution >= 0.6 is 11.6 Å². The van der Waals surface area contributed by atoms with Crippen molar-refractivity contribution in [3.8, 4) is 0 Å². The Hall–Kier alpha value is -1.84. The van der Waals surface area contributed by atoms with E-state index in [9.17, 15) is 0 Å². The number of halogens is 1. The van der Waals surface area contributed by atoms with E-state index < -0.39 is 0 Å². The Morgan fingerprint density at radius 1 is 0.941 bits per heavy atom. The lowest BCUT2D eigenvalue weighted by Crippen LogP contribution is -1.92. The molecule has 0 atom stereocenters. The monoisotopic (exact) mass is 246 g/mol. The highest BCUT2D eigenvalue weighted by Crippen LogP contribution is 2.32. The lowest BCUT2D eigenvalue weighted by Gasteiger charge is -2.07. The van der Waals surface area contributed by atoms with Crippen LogP contribution in [0.3, 0.4) is 0 Å². The van der Waals surface area contributed by atoms with Crippen LogP contribution in [0.2, 0.25) is 5.02 Å². The van der Waals surface area contributed by atoms with Gasteiger partial charge in [0.05, 0.1) is 21.7 Å². The van der Waals surface area contributed by atoms with E-state index in [0.717, 1.165) is 21.8 Å². The molecule has 0 aliphatic rings. The first-order valence-corrected chi connectivity index (χ1v) is 5.37. The second-order valence-corrected chi connectivity index (χ2v) is 4.08. The predicted molar refractivity (Wildman–Crippen MR) is 72.3 cm³/mol. The summed E-state index contributed by atoms with van der Waals surface area (Å²) in [6.45, 7) is 0. The van der Waals surface area contributed by atoms with Crippen LogP contribution in [-0.2, 0) is 0 Å². The molecule has 0 unspecified atom stereocenters. The third kappa shape index (κ3) is 1.69. The number of nitrogen functional groups attached to an aromatic ring is 1. The van der Waals surface area contributed by atoms with Crippen LogP contribution in [0, 0.1) is 0 Å². The minimum absolute atomic E-state index is 0. The maximum atomic E-state index is 6.14. The molecule has 86 valence electrons. The molecular formula is C13H11ClN2O. The van der Waals surface area contributed by atoms with E-state index in [1.165, 1.54) is 0 Å². The van der Waals surface area contributed by atoms with Gasteiger partial charge in [-0.2, -0.15) is 0 Å². The minimum Gasteiger partial charge on any atom is -0.412 e. The van der Waals surface area contributed by atoms with Crippen molar-refractivity contribution < 1.29 is 5.48 Å². The van der Waals surface area contributed by atoms with Gasteiger partial charge in [0.1, 0.15) is 0 Å². The Kier molecular flexibility index (Phi) is 2.88. The second kappa shape index (κ2) is 4.20. The molecule has 4 N–H and O–H groups in total. The Bertz CT molecular complexity index is 697. The third-order valence-electron chi connectivity index (χ3n) is 2.70. The van der Waals surface area contributed by atoms with E-state index in [4.69, 9.17) is 17.3 Å². The molecule has 2 aromatic carbocycles. The first kappa shape index (κ1) is 11.6. The smallest absolute Gasteiger partial charge is 0.0745 e. The number of pyridine rings is 1. The summed E-state index contributed by atoms with van der Waals surface area (Å²) in [7, 11) is 0. The largest absolute Gasteiger partial charge is 0.412 e. The fourth-order valence-corrected chi connectivity index (χ4v) is 2.21. The van der Waals surface area contributed by atoms with Gasteiger partial charge < -0.3 is 11.2 Å². The van der Waals surface area contributed by atoms with Gasteiger partial charge in [-0.3, -0.25) is 0 Å². The van der Waals surface area contributed by atoms with Crippen molar-refractivity contribution >= 4 is 39.1 Å². The molecule has 4 heteroatoms. The number of anilines is 1.